The van der Waals surface area contributed by atoms with Crippen LogP contribution in [0.1, 0.15) is 28.1 Å². The molecule has 2 aromatic rings. The first-order valence-corrected chi connectivity index (χ1v) is 9.51. The van der Waals surface area contributed by atoms with Crippen molar-refractivity contribution in [2.24, 2.45) is 0 Å². The fourth-order valence-corrected chi connectivity index (χ4v) is 3.76. The highest BCUT2D eigenvalue weighted by molar-refractivity contribution is 7.90. The first-order valence-electron chi connectivity index (χ1n) is 7.24. The van der Waals surface area contributed by atoms with Crippen LogP contribution in [0.25, 0.3) is 5.03 Å². The van der Waals surface area contributed by atoms with E-state index in [4.69, 9.17) is 16.3 Å². The maximum Gasteiger partial charge on any atom is 0.175 e. The number of fused-ring (bicyclic) bond motifs is 1. The maximum atomic E-state index is 11.6. The van der Waals surface area contributed by atoms with Crippen LogP contribution in [0.4, 0.5) is 0 Å². The lowest BCUT2D eigenvalue weighted by Crippen LogP contribution is -2.08. The number of sulfone groups is 1. The van der Waals surface area contributed by atoms with Crippen LogP contribution in [-0.4, -0.2) is 19.2 Å². The Bertz CT molecular complexity index is 893. The van der Waals surface area contributed by atoms with Gasteiger partial charge >= 0.3 is 0 Å². The summed E-state index contributed by atoms with van der Waals surface area (Å²) < 4.78 is 30.6. The molecule has 0 bridgehead atoms. The van der Waals surface area contributed by atoms with Gasteiger partial charge in [0.1, 0.15) is 12.9 Å². The molecule has 2 heterocycles. The molecule has 1 aliphatic rings. The normalized spacial score (nSPS) is 14.2. The average molecular weight is 352 g/mol. The van der Waals surface area contributed by atoms with Crippen molar-refractivity contribution in [3.8, 4) is 0 Å². The van der Waals surface area contributed by atoms with E-state index in [2.05, 4.69) is 18.4 Å². The Hall–Kier alpha value is -1.72. The van der Waals surface area contributed by atoms with Gasteiger partial charge in [-0.1, -0.05) is 23.7 Å². The third kappa shape index (κ3) is 2.91. The lowest BCUT2D eigenvalue weighted by Gasteiger charge is -2.16. The fourth-order valence-electron chi connectivity index (χ4n) is 2.85. The number of nitrogens with zero attached hydrogens (tertiary/aromatic N) is 1. The smallest absolute Gasteiger partial charge is 0.175 e. The zero-order valence-electron chi connectivity index (χ0n) is 13.3. The van der Waals surface area contributed by atoms with Crippen molar-refractivity contribution in [1.82, 2.24) is 4.57 Å². The third-order valence-corrected chi connectivity index (χ3v) is 5.69. The van der Waals surface area contributed by atoms with E-state index in [1.54, 1.807) is 18.4 Å². The van der Waals surface area contributed by atoms with Crippen molar-refractivity contribution in [3.05, 3.63) is 58.6 Å². The Morgan fingerprint density at radius 3 is 2.48 bits per heavy atom. The molecule has 0 amide bonds. The van der Waals surface area contributed by atoms with E-state index in [0.29, 0.717) is 23.1 Å². The highest BCUT2D eigenvalue weighted by Crippen LogP contribution is 2.34. The molecular weight excluding hydrogens is 334 g/mol. The Morgan fingerprint density at radius 2 is 1.87 bits per heavy atom. The molecule has 0 atom stereocenters. The average Bonchev–Trinajstić information content (AvgIpc) is 2.73. The van der Waals surface area contributed by atoms with Gasteiger partial charge in [-0.3, -0.25) is 0 Å². The predicted octanol–water partition coefficient (Wildman–Crippen LogP) is 3.62. The summed E-state index contributed by atoms with van der Waals surface area (Å²) in [7, 11) is -3.17. The van der Waals surface area contributed by atoms with Gasteiger partial charge in [-0.05, 0) is 37.1 Å². The minimum absolute atomic E-state index is 0.329. The van der Waals surface area contributed by atoms with Crippen LogP contribution in [0.5, 0.6) is 0 Å². The van der Waals surface area contributed by atoms with Crippen LogP contribution in [0.2, 0.25) is 0 Å². The van der Waals surface area contributed by atoms with Crippen molar-refractivity contribution in [2.75, 3.05) is 6.26 Å². The quantitative estimate of drug-likeness (QED) is 0.848. The Morgan fingerprint density at radius 1 is 1.22 bits per heavy atom. The first kappa shape index (κ1) is 16.1. The molecule has 0 fully saturated rings. The summed E-state index contributed by atoms with van der Waals surface area (Å²) in [6.07, 6.45) is 2.79. The third-order valence-electron chi connectivity index (χ3n) is 4.29. The Labute approximate surface area is 141 Å². The van der Waals surface area contributed by atoms with E-state index in [1.165, 1.54) is 11.8 Å². The van der Waals surface area contributed by atoms with Crippen molar-refractivity contribution in [1.29, 1.82) is 0 Å². The molecule has 0 saturated carbocycles. The van der Waals surface area contributed by atoms with Gasteiger partial charge in [0, 0.05) is 24.1 Å². The zero-order valence-corrected chi connectivity index (χ0v) is 14.8. The number of ether oxygens (including phenoxy) is 1. The standard InChI is InChI=1S/C17H18ClNO3S/c1-11-12(2)19(17-15(11)9-22-10-16(17)18)8-13-4-6-14(7-5-13)23(3,20)21/h4-7,10H,8-9H2,1-3H3. The summed E-state index contributed by atoms with van der Waals surface area (Å²) in [6, 6.07) is 6.97. The minimum atomic E-state index is -3.17. The lowest BCUT2D eigenvalue weighted by atomic mass is 10.1. The molecule has 0 radical (unpaired) electrons. The van der Waals surface area contributed by atoms with Gasteiger partial charge in [0.15, 0.2) is 9.84 Å². The number of rotatable bonds is 3. The van der Waals surface area contributed by atoms with E-state index in [1.807, 2.05) is 12.1 Å². The van der Waals surface area contributed by atoms with Crippen LogP contribution >= 0.6 is 11.6 Å². The van der Waals surface area contributed by atoms with Gasteiger partial charge < -0.3 is 9.30 Å². The molecule has 6 heteroatoms. The molecular formula is C17H18ClNO3S. The summed E-state index contributed by atoms with van der Waals surface area (Å²) in [6.45, 7) is 5.29. The van der Waals surface area contributed by atoms with Crippen LogP contribution < -0.4 is 0 Å². The van der Waals surface area contributed by atoms with E-state index in [9.17, 15) is 8.42 Å². The van der Waals surface area contributed by atoms with E-state index in [-0.39, 0.29) is 0 Å². The summed E-state index contributed by atoms with van der Waals surface area (Å²) in [5.41, 5.74) is 5.44. The molecule has 0 aliphatic carbocycles. The molecule has 4 nitrogen and oxygen atoms in total. The van der Waals surface area contributed by atoms with Gasteiger partial charge in [0.25, 0.3) is 0 Å². The number of hydrogen-bond donors (Lipinski definition) is 0. The minimum Gasteiger partial charge on any atom is -0.495 e. The Kier molecular flexibility index (Phi) is 4.02. The molecule has 23 heavy (non-hydrogen) atoms. The molecule has 0 N–H and O–H groups in total. The summed E-state index contributed by atoms with van der Waals surface area (Å²) in [5.74, 6) is 0. The van der Waals surface area contributed by atoms with Crippen molar-refractivity contribution >= 4 is 26.5 Å². The topological polar surface area (TPSA) is 48.3 Å². The van der Waals surface area contributed by atoms with Gasteiger partial charge in [-0.15, -0.1) is 0 Å². The molecule has 0 spiro atoms. The molecule has 122 valence electrons. The van der Waals surface area contributed by atoms with E-state index >= 15 is 0 Å². The van der Waals surface area contributed by atoms with Crippen molar-refractivity contribution in [3.63, 3.8) is 0 Å². The van der Waals surface area contributed by atoms with Gasteiger partial charge in [-0.2, -0.15) is 0 Å². The highest BCUT2D eigenvalue weighted by Gasteiger charge is 2.23. The molecule has 0 saturated heterocycles. The van der Waals surface area contributed by atoms with Crippen LogP contribution in [0.3, 0.4) is 0 Å². The summed E-state index contributed by atoms with van der Waals surface area (Å²) in [4.78, 5) is 0.329. The molecule has 1 aromatic carbocycles. The fraction of sp³-hybridized carbons (Fsp3) is 0.294. The Balaban J connectivity index is 2.00. The van der Waals surface area contributed by atoms with Crippen molar-refractivity contribution < 1.29 is 13.2 Å². The second-order valence-electron chi connectivity index (χ2n) is 5.82. The predicted molar refractivity (Wildman–Crippen MR) is 91.2 cm³/mol. The number of hydrogen-bond acceptors (Lipinski definition) is 3. The van der Waals surface area contributed by atoms with Crippen LogP contribution in [0, 0.1) is 13.8 Å². The molecule has 1 aromatic heterocycles. The monoisotopic (exact) mass is 351 g/mol. The van der Waals surface area contributed by atoms with Crippen LogP contribution in [-0.2, 0) is 27.7 Å². The maximum absolute atomic E-state index is 11.6. The second kappa shape index (κ2) is 5.73. The van der Waals surface area contributed by atoms with E-state index < -0.39 is 9.84 Å². The van der Waals surface area contributed by atoms with E-state index in [0.717, 1.165) is 22.5 Å². The molecule has 3 rings (SSSR count). The second-order valence-corrected chi connectivity index (χ2v) is 8.24. The van der Waals surface area contributed by atoms with Gasteiger partial charge in [0.2, 0.25) is 0 Å². The largest absolute Gasteiger partial charge is 0.495 e. The number of benzene rings is 1. The first-order chi connectivity index (χ1) is 10.8. The lowest BCUT2D eigenvalue weighted by molar-refractivity contribution is 0.232. The molecule has 0 unspecified atom stereocenters. The van der Waals surface area contributed by atoms with Crippen LogP contribution in [0.15, 0.2) is 35.4 Å². The zero-order chi connectivity index (χ0) is 16.8. The SMILES string of the molecule is Cc1c2c(n(Cc3ccc(S(C)(=O)=O)cc3)c1C)C(Cl)=COC2. The summed E-state index contributed by atoms with van der Waals surface area (Å²) in [5, 5.41) is 0.593. The van der Waals surface area contributed by atoms with Gasteiger partial charge in [0.05, 0.1) is 15.6 Å². The number of aromatic nitrogens is 1. The summed E-state index contributed by atoms with van der Waals surface area (Å²) >= 11 is 6.32. The molecule has 1 aliphatic heterocycles. The highest BCUT2D eigenvalue weighted by atomic mass is 35.5. The number of halogens is 1. The van der Waals surface area contributed by atoms with Gasteiger partial charge in [-0.25, -0.2) is 8.42 Å². The van der Waals surface area contributed by atoms with Crippen molar-refractivity contribution in [2.45, 2.75) is 31.9 Å².